The summed E-state index contributed by atoms with van der Waals surface area (Å²) in [6.07, 6.45) is 0.807. The van der Waals surface area contributed by atoms with Crippen LogP contribution in [0.5, 0.6) is 0 Å². The zero-order chi connectivity index (χ0) is 20.4. The van der Waals surface area contributed by atoms with Gasteiger partial charge in [-0.05, 0) is 48.7 Å². The van der Waals surface area contributed by atoms with E-state index in [0.717, 1.165) is 29.8 Å². The van der Waals surface area contributed by atoms with Crippen LogP contribution in [-0.2, 0) is 17.9 Å². The molecule has 1 amide bonds. The summed E-state index contributed by atoms with van der Waals surface area (Å²) in [5.74, 6) is 0.445. The fraction of sp³-hybridized carbons (Fsp3) is 0.364. The quantitative estimate of drug-likeness (QED) is 0.475. The Morgan fingerprint density at radius 2 is 1.82 bits per heavy atom. The maximum Gasteiger partial charge on any atom is 0.227 e. The van der Waals surface area contributed by atoms with Crippen molar-refractivity contribution in [1.82, 2.24) is 10.6 Å². The number of halogens is 1. The molecule has 150 valence electrons. The summed E-state index contributed by atoms with van der Waals surface area (Å²) in [6, 6.07) is 14.1. The number of hydrogen-bond acceptors (Lipinski definition) is 2. The van der Waals surface area contributed by atoms with Crippen molar-refractivity contribution in [1.29, 1.82) is 0 Å². The van der Waals surface area contributed by atoms with Crippen LogP contribution < -0.4 is 16.0 Å². The Morgan fingerprint density at radius 3 is 2.50 bits per heavy atom. The number of amides is 1. The van der Waals surface area contributed by atoms with E-state index in [2.05, 4.69) is 20.9 Å². The van der Waals surface area contributed by atoms with Crippen LogP contribution >= 0.6 is 0 Å². The number of anilines is 1. The molecule has 0 aliphatic heterocycles. The third kappa shape index (κ3) is 7.02. The molecule has 0 aliphatic rings. The van der Waals surface area contributed by atoms with E-state index in [1.807, 2.05) is 45.0 Å². The van der Waals surface area contributed by atoms with Gasteiger partial charge in [0.2, 0.25) is 5.91 Å². The fourth-order valence-electron chi connectivity index (χ4n) is 2.50. The monoisotopic (exact) mass is 384 g/mol. The van der Waals surface area contributed by atoms with E-state index in [4.69, 9.17) is 0 Å². The molecule has 1 unspecified atom stereocenters. The highest BCUT2D eigenvalue weighted by Crippen LogP contribution is 2.14. The van der Waals surface area contributed by atoms with E-state index in [1.54, 1.807) is 12.1 Å². The molecule has 2 rings (SSSR count). The van der Waals surface area contributed by atoms with Gasteiger partial charge in [0.25, 0.3) is 0 Å². The minimum Gasteiger partial charge on any atom is -0.357 e. The topological polar surface area (TPSA) is 65.5 Å². The molecule has 0 bridgehead atoms. The number of carbonyl (C=O) groups excluding carboxylic acids is 1. The van der Waals surface area contributed by atoms with Gasteiger partial charge in [-0.3, -0.25) is 4.79 Å². The lowest BCUT2D eigenvalue weighted by molar-refractivity contribution is -0.119. The third-order valence-corrected chi connectivity index (χ3v) is 4.39. The minimum atomic E-state index is -0.246. The van der Waals surface area contributed by atoms with Gasteiger partial charge in [-0.25, -0.2) is 9.38 Å². The summed E-state index contributed by atoms with van der Waals surface area (Å²) in [4.78, 5) is 16.7. The highest BCUT2D eigenvalue weighted by molar-refractivity contribution is 5.92. The number of hydrogen-bond donors (Lipinski definition) is 3. The Hall–Kier alpha value is -2.89. The lowest BCUT2D eigenvalue weighted by Crippen LogP contribution is -2.36. The lowest BCUT2D eigenvalue weighted by Gasteiger charge is -2.12. The summed E-state index contributed by atoms with van der Waals surface area (Å²) >= 11 is 0. The number of benzene rings is 2. The van der Waals surface area contributed by atoms with Gasteiger partial charge in [0.15, 0.2) is 5.96 Å². The molecule has 2 aromatic rings. The van der Waals surface area contributed by atoms with Crippen molar-refractivity contribution in [2.45, 2.75) is 40.3 Å². The first-order valence-electron chi connectivity index (χ1n) is 9.68. The first kappa shape index (κ1) is 21.4. The molecule has 0 aromatic heterocycles. The molecule has 2 aromatic carbocycles. The minimum absolute atomic E-state index is 0.0160. The Kier molecular flexibility index (Phi) is 8.46. The zero-order valence-corrected chi connectivity index (χ0v) is 16.8. The predicted octanol–water partition coefficient (Wildman–Crippen LogP) is 4.07. The number of carbonyl (C=O) groups is 1. The Balaban J connectivity index is 1.98. The maximum atomic E-state index is 13.0. The first-order valence-corrected chi connectivity index (χ1v) is 9.68. The molecule has 3 N–H and O–H groups in total. The standard InChI is InChI=1S/C22H29FN4O/c1-4-16(3)21(28)27-20-8-6-7-18(13-20)15-26-22(24-5-2)25-14-17-9-11-19(23)12-10-17/h6-13,16H,4-5,14-15H2,1-3H3,(H,27,28)(H2,24,25,26). The van der Waals surface area contributed by atoms with Crippen LogP contribution in [0, 0.1) is 11.7 Å². The van der Waals surface area contributed by atoms with Gasteiger partial charge in [-0.2, -0.15) is 0 Å². The van der Waals surface area contributed by atoms with Gasteiger partial charge in [0.05, 0.1) is 6.54 Å². The van der Waals surface area contributed by atoms with E-state index in [-0.39, 0.29) is 17.6 Å². The molecule has 1 atom stereocenters. The molecule has 0 heterocycles. The predicted molar refractivity (Wildman–Crippen MR) is 113 cm³/mol. The van der Waals surface area contributed by atoms with Gasteiger partial charge in [-0.15, -0.1) is 0 Å². The van der Waals surface area contributed by atoms with Crippen molar-refractivity contribution in [3.8, 4) is 0 Å². The van der Waals surface area contributed by atoms with Gasteiger partial charge >= 0.3 is 0 Å². The van der Waals surface area contributed by atoms with Crippen LogP contribution in [0.1, 0.15) is 38.3 Å². The normalized spacial score (nSPS) is 12.4. The van der Waals surface area contributed by atoms with Crippen LogP contribution in [0.2, 0.25) is 0 Å². The molecule has 0 aliphatic carbocycles. The second kappa shape index (κ2) is 11.1. The number of rotatable bonds is 8. The smallest absolute Gasteiger partial charge is 0.227 e. The Labute approximate surface area is 166 Å². The molecule has 0 radical (unpaired) electrons. The average molecular weight is 384 g/mol. The zero-order valence-electron chi connectivity index (χ0n) is 16.8. The molecule has 0 saturated heterocycles. The van der Waals surface area contributed by atoms with E-state index in [9.17, 15) is 9.18 Å². The Morgan fingerprint density at radius 1 is 1.07 bits per heavy atom. The molecule has 0 saturated carbocycles. The molecular weight excluding hydrogens is 355 g/mol. The van der Waals surface area contributed by atoms with E-state index in [1.165, 1.54) is 12.1 Å². The van der Waals surface area contributed by atoms with E-state index in [0.29, 0.717) is 19.0 Å². The fourth-order valence-corrected chi connectivity index (χ4v) is 2.50. The van der Waals surface area contributed by atoms with Gasteiger partial charge in [0.1, 0.15) is 5.82 Å². The summed E-state index contributed by atoms with van der Waals surface area (Å²) in [6.45, 7) is 7.68. The van der Waals surface area contributed by atoms with Crippen molar-refractivity contribution in [3.05, 3.63) is 65.5 Å². The average Bonchev–Trinajstić information content (AvgIpc) is 2.71. The van der Waals surface area contributed by atoms with Crippen LogP contribution in [0.3, 0.4) is 0 Å². The lowest BCUT2D eigenvalue weighted by atomic mass is 10.1. The van der Waals surface area contributed by atoms with Crippen LogP contribution in [0.15, 0.2) is 53.5 Å². The second-order valence-electron chi connectivity index (χ2n) is 6.67. The van der Waals surface area contributed by atoms with Crippen LogP contribution in [0.25, 0.3) is 0 Å². The maximum absolute atomic E-state index is 13.0. The largest absolute Gasteiger partial charge is 0.357 e. The number of nitrogens with one attached hydrogen (secondary N) is 3. The van der Waals surface area contributed by atoms with Crippen LogP contribution in [0.4, 0.5) is 10.1 Å². The molecule has 5 nitrogen and oxygen atoms in total. The summed E-state index contributed by atoms with van der Waals surface area (Å²) in [5, 5.41) is 9.39. The van der Waals surface area contributed by atoms with Gasteiger partial charge < -0.3 is 16.0 Å². The van der Waals surface area contributed by atoms with Crippen molar-refractivity contribution < 1.29 is 9.18 Å². The van der Waals surface area contributed by atoms with E-state index >= 15 is 0 Å². The highest BCUT2D eigenvalue weighted by atomic mass is 19.1. The molecular formula is C22H29FN4O. The summed E-state index contributed by atoms with van der Waals surface area (Å²) in [5.41, 5.74) is 2.75. The molecule has 6 heteroatoms. The highest BCUT2D eigenvalue weighted by Gasteiger charge is 2.10. The van der Waals surface area contributed by atoms with Crippen molar-refractivity contribution >= 4 is 17.6 Å². The number of aliphatic imine (C=N–C) groups is 1. The number of nitrogens with zero attached hydrogens (tertiary/aromatic N) is 1. The van der Waals surface area contributed by atoms with Crippen molar-refractivity contribution in [2.75, 3.05) is 11.9 Å². The first-order chi connectivity index (χ1) is 13.5. The van der Waals surface area contributed by atoms with Crippen molar-refractivity contribution in [2.24, 2.45) is 10.9 Å². The van der Waals surface area contributed by atoms with Gasteiger partial charge in [0, 0.05) is 24.7 Å². The van der Waals surface area contributed by atoms with Crippen LogP contribution in [-0.4, -0.2) is 18.4 Å². The molecule has 28 heavy (non-hydrogen) atoms. The van der Waals surface area contributed by atoms with Crippen molar-refractivity contribution in [3.63, 3.8) is 0 Å². The SMILES string of the molecule is CCNC(=NCc1cccc(NC(=O)C(C)CC)c1)NCc1ccc(F)cc1. The molecule has 0 spiro atoms. The number of guanidine groups is 1. The van der Waals surface area contributed by atoms with E-state index < -0.39 is 0 Å². The van der Waals surface area contributed by atoms with Gasteiger partial charge in [-0.1, -0.05) is 38.1 Å². The summed E-state index contributed by atoms with van der Waals surface area (Å²) < 4.78 is 13.0. The second-order valence-corrected chi connectivity index (χ2v) is 6.67. The Bertz CT molecular complexity index is 789. The molecule has 0 fully saturated rings. The summed E-state index contributed by atoms with van der Waals surface area (Å²) in [7, 11) is 0. The third-order valence-electron chi connectivity index (χ3n) is 4.39.